The standard InChI is InChI=1S/C19H19N4O6S2/c20-18(26)11-6-9-30-14(11)3-4-16(25)22-8-5-12-17(22)13(24)10-23(12)31(28,29)15-2-1-7-21-19(15)27/h1-2,4,6-7,9,12,17H,3,5,8,10H2,(H2,20,26)(H,21,27). The monoisotopic (exact) mass is 463 g/mol. The molecule has 0 bridgehead atoms. The van der Waals surface area contributed by atoms with Crippen LogP contribution in [0, 0.1) is 6.42 Å². The maximum atomic E-state index is 13.0. The number of primary amides is 1. The number of H-pyrrole nitrogens is 1. The van der Waals surface area contributed by atoms with Gasteiger partial charge in [-0.15, -0.1) is 11.3 Å². The van der Waals surface area contributed by atoms with E-state index in [-0.39, 0.29) is 19.4 Å². The highest BCUT2D eigenvalue weighted by molar-refractivity contribution is 7.89. The number of likely N-dealkylation sites (tertiary alicyclic amines) is 1. The minimum Gasteiger partial charge on any atom is -0.366 e. The lowest BCUT2D eigenvalue weighted by atomic mass is 10.1. The summed E-state index contributed by atoms with van der Waals surface area (Å²) in [4.78, 5) is 52.8. The number of ketones is 1. The van der Waals surface area contributed by atoms with Gasteiger partial charge in [0.2, 0.25) is 21.8 Å². The van der Waals surface area contributed by atoms with E-state index in [0.717, 1.165) is 4.31 Å². The van der Waals surface area contributed by atoms with Crippen molar-refractivity contribution in [3.05, 3.63) is 57.0 Å². The van der Waals surface area contributed by atoms with Gasteiger partial charge in [-0.05, 0) is 36.4 Å². The van der Waals surface area contributed by atoms with E-state index >= 15 is 0 Å². The summed E-state index contributed by atoms with van der Waals surface area (Å²) in [6, 6.07) is 2.54. The van der Waals surface area contributed by atoms with E-state index in [2.05, 4.69) is 4.98 Å². The molecule has 0 aliphatic carbocycles. The molecule has 4 rings (SSSR count). The summed E-state index contributed by atoms with van der Waals surface area (Å²) in [5.41, 5.74) is 4.90. The highest BCUT2D eigenvalue weighted by Crippen LogP contribution is 2.33. The summed E-state index contributed by atoms with van der Waals surface area (Å²) < 4.78 is 27.0. The number of carbonyl (C=O) groups excluding carboxylic acids is 3. The average Bonchev–Trinajstić information content (AvgIpc) is 3.43. The second-order valence-electron chi connectivity index (χ2n) is 7.24. The number of amides is 2. The van der Waals surface area contributed by atoms with Crippen LogP contribution in [0.4, 0.5) is 0 Å². The molecule has 4 heterocycles. The highest BCUT2D eigenvalue weighted by atomic mass is 32.2. The quantitative estimate of drug-likeness (QED) is 0.591. The minimum atomic E-state index is -4.20. The van der Waals surface area contributed by atoms with Crippen LogP contribution in [0.2, 0.25) is 0 Å². The zero-order chi connectivity index (χ0) is 22.3. The van der Waals surface area contributed by atoms with Gasteiger partial charge in [0.05, 0.1) is 24.6 Å². The van der Waals surface area contributed by atoms with Crippen LogP contribution in [0.15, 0.2) is 39.5 Å². The number of aromatic nitrogens is 1. The van der Waals surface area contributed by atoms with Crippen molar-refractivity contribution in [3.63, 3.8) is 0 Å². The highest BCUT2D eigenvalue weighted by Gasteiger charge is 2.53. The molecule has 2 unspecified atom stereocenters. The predicted molar refractivity (Wildman–Crippen MR) is 111 cm³/mol. The van der Waals surface area contributed by atoms with E-state index in [1.807, 2.05) is 0 Å². The number of hydrogen-bond donors (Lipinski definition) is 2. The Bertz CT molecular complexity index is 1220. The van der Waals surface area contributed by atoms with Crippen LogP contribution >= 0.6 is 11.3 Å². The van der Waals surface area contributed by atoms with E-state index in [4.69, 9.17) is 5.73 Å². The second kappa shape index (κ2) is 8.02. The number of pyridine rings is 1. The summed E-state index contributed by atoms with van der Waals surface area (Å²) in [6.45, 7) is -0.187. The van der Waals surface area contributed by atoms with Gasteiger partial charge < -0.3 is 15.6 Å². The van der Waals surface area contributed by atoms with Crippen molar-refractivity contribution in [2.45, 2.75) is 29.8 Å². The first-order valence-corrected chi connectivity index (χ1v) is 11.8. The first kappa shape index (κ1) is 21.4. The number of aromatic amines is 1. The van der Waals surface area contributed by atoms with Crippen molar-refractivity contribution < 1.29 is 22.8 Å². The Balaban J connectivity index is 1.51. The molecule has 1 radical (unpaired) electrons. The Morgan fingerprint density at radius 2 is 2.06 bits per heavy atom. The van der Waals surface area contributed by atoms with E-state index < -0.39 is 56.7 Å². The van der Waals surface area contributed by atoms with Crippen molar-refractivity contribution in [3.8, 4) is 0 Å². The molecule has 2 aliphatic heterocycles. The van der Waals surface area contributed by atoms with Crippen LogP contribution in [-0.4, -0.2) is 65.4 Å². The Kier molecular flexibility index (Phi) is 5.54. The van der Waals surface area contributed by atoms with Crippen LogP contribution in [0.3, 0.4) is 0 Å². The molecule has 2 amide bonds. The smallest absolute Gasteiger partial charge is 0.268 e. The van der Waals surface area contributed by atoms with E-state index in [1.165, 1.54) is 41.0 Å². The second-order valence-corrected chi connectivity index (χ2v) is 10.1. The van der Waals surface area contributed by atoms with Gasteiger partial charge in [-0.25, -0.2) is 8.42 Å². The number of carbonyl (C=O) groups is 3. The van der Waals surface area contributed by atoms with Crippen molar-refractivity contribution in [2.24, 2.45) is 5.73 Å². The van der Waals surface area contributed by atoms with Gasteiger partial charge in [-0.2, -0.15) is 4.31 Å². The van der Waals surface area contributed by atoms with Crippen LogP contribution in [0.25, 0.3) is 0 Å². The Morgan fingerprint density at radius 3 is 2.77 bits per heavy atom. The Labute approximate surface area is 181 Å². The summed E-state index contributed by atoms with van der Waals surface area (Å²) in [7, 11) is -4.20. The first-order valence-electron chi connectivity index (χ1n) is 9.44. The molecule has 2 fully saturated rings. The Hall–Kier alpha value is -2.83. The molecular weight excluding hydrogens is 444 g/mol. The first-order chi connectivity index (χ1) is 14.7. The fraction of sp³-hybridized carbons (Fsp3) is 0.316. The third-order valence-corrected chi connectivity index (χ3v) is 8.34. The summed E-state index contributed by atoms with van der Waals surface area (Å²) in [5, 5.41) is 1.70. The lowest BCUT2D eigenvalue weighted by Crippen LogP contribution is -2.44. The average molecular weight is 464 g/mol. The molecule has 2 aliphatic rings. The molecule has 10 nitrogen and oxygen atoms in total. The van der Waals surface area contributed by atoms with E-state index in [1.54, 1.807) is 11.4 Å². The predicted octanol–water partition coefficient (Wildman–Crippen LogP) is -0.475. The third-order valence-electron chi connectivity index (χ3n) is 5.50. The maximum Gasteiger partial charge on any atom is 0.268 e. The zero-order valence-electron chi connectivity index (χ0n) is 16.2. The molecule has 0 spiro atoms. The molecule has 2 aromatic heterocycles. The fourth-order valence-electron chi connectivity index (χ4n) is 4.09. The maximum absolute atomic E-state index is 13.0. The number of nitrogens with two attached hydrogens (primary N) is 1. The summed E-state index contributed by atoms with van der Waals surface area (Å²) in [6.07, 6.45) is 3.15. The van der Waals surface area contributed by atoms with Gasteiger partial charge in [-0.3, -0.25) is 19.2 Å². The van der Waals surface area contributed by atoms with Gasteiger partial charge in [0.15, 0.2) is 5.78 Å². The number of thiophene rings is 1. The lowest BCUT2D eigenvalue weighted by Gasteiger charge is -2.24. The molecule has 0 aromatic carbocycles. The van der Waals surface area contributed by atoms with Crippen molar-refractivity contribution in [1.82, 2.24) is 14.2 Å². The van der Waals surface area contributed by atoms with Crippen molar-refractivity contribution >= 4 is 39.0 Å². The number of Topliss-reactive ketones (excluding diaryl/α,β-unsaturated/α-hetero) is 1. The van der Waals surface area contributed by atoms with Crippen LogP contribution in [0.5, 0.6) is 0 Å². The van der Waals surface area contributed by atoms with Crippen LogP contribution < -0.4 is 11.3 Å². The van der Waals surface area contributed by atoms with E-state index in [9.17, 15) is 27.6 Å². The van der Waals surface area contributed by atoms with Crippen LogP contribution in [-0.2, 0) is 26.0 Å². The van der Waals surface area contributed by atoms with Crippen LogP contribution in [0.1, 0.15) is 21.7 Å². The third kappa shape index (κ3) is 3.70. The van der Waals surface area contributed by atoms with Gasteiger partial charge in [0, 0.05) is 17.6 Å². The number of rotatable bonds is 6. The number of nitrogens with zero attached hydrogens (tertiary/aromatic N) is 2. The fourth-order valence-corrected chi connectivity index (χ4v) is 6.61. The SMILES string of the molecule is NC(=O)c1ccsc1C[CH]C(=O)N1CCC2C1C(=O)CN2S(=O)(=O)c1ccc[nH]c1=O. The van der Waals surface area contributed by atoms with Gasteiger partial charge in [0.1, 0.15) is 10.9 Å². The van der Waals surface area contributed by atoms with Crippen molar-refractivity contribution in [1.29, 1.82) is 0 Å². The number of hydrogen-bond acceptors (Lipinski definition) is 7. The molecule has 31 heavy (non-hydrogen) atoms. The molecule has 2 aromatic rings. The largest absolute Gasteiger partial charge is 0.366 e. The van der Waals surface area contributed by atoms with Crippen molar-refractivity contribution in [2.75, 3.05) is 13.1 Å². The van der Waals surface area contributed by atoms with Gasteiger partial charge in [-0.1, -0.05) is 0 Å². The van der Waals surface area contributed by atoms with E-state index in [0.29, 0.717) is 10.4 Å². The minimum absolute atomic E-state index is 0.179. The normalized spacial score (nSPS) is 21.4. The molecule has 3 N–H and O–H groups in total. The number of sulfonamides is 1. The Morgan fingerprint density at radius 1 is 1.29 bits per heavy atom. The molecule has 2 atom stereocenters. The summed E-state index contributed by atoms with van der Waals surface area (Å²) in [5.74, 6) is -1.39. The molecule has 163 valence electrons. The number of fused-ring (bicyclic) bond motifs is 1. The van der Waals surface area contributed by atoms with Gasteiger partial charge >= 0.3 is 0 Å². The molecule has 0 saturated carbocycles. The topological polar surface area (TPSA) is 151 Å². The lowest BCUT2D eigenvalue weighted by molar-refractivity contribution is -0.133. The van der Waals surface area contributed by atoms with Gasteiger partial charge in [0.25, 0.3) is 5.56 Å². The summed E-state index contributed by atoms with van der Waals surface area (Å²) >= 11 is 1.30. The molecule has 2 saturated heterocycles. The molecular formula is C19H19N4O6S2. The molecule has 12 heteroatoms. The zero-order valence-corrected chi connectivity index (χ0v) is 17.8. The number of nitrogens with one attached hydrogen (secondary N) is 1.